The van der Waals surface area contributed by atoms with Crippen LogP contribution in [-0.4, -0.2) is 58.0 Å². The van der Waals surface area contributed by atoms with Gasteiger partial charge >= 0.3 is 0 Å². The Balaban J connectivity index is 1.55. The summed E-state index contributed by atoms with van der Waals surface area (Å²) in [5.74, 6) is 2.93. The highest BCUT2D eigenvalue weighted by Gasteiger charge is 2.45. The van der Waals surface area contributed by atoms with Crippen LogP contribution < -0.4 is 5.32 Å². The average Bonchev–Trinajstić information content (AvgIpc) is 3.05. The molecule has 22 heavy (non-hydrogen) atoms. The van der Waals surface area contributed by atoms with Gasteiger partial charge in [0.2, 0.25) is 0 Å². The van der Waals surface area contributed by atoms with Crippen LogP contribution >= 0.6 is 0 Å². The molecule has 126 valence electrons. The number of guanidine groups is 1. The summed E-state index contributed by atoms with van der Waals surface area (Å²) in [6.07, 6.45) is 8.82. The van der Waals surface area contributed by atoms with E-state index in [9.17, 15) is 8.42 Å². The van der Waals surface area contributed by atoms with Crippen molar-refractivity contribution in [1.82, 2.24) is 10.2 Å². The van der Waals surface area contributed by atoms with E-state index in [0.29, 0.717) is 5.75 Å². The van der Waals surface area contributed by atoms with E-state index in [0.717, 1.165) is 50.3 Å². The topological polar surface area (TPSA) is 61.8 Å². The van der Waals surface area contributed by atoms with Crippen molar-refractivity contribution in [1.29, 1.82) is 0 Å². The summed E-state index contributed by atoms with van der Waals surface area (Å²) in [5, 5.41) is 3.46. The van der Waals surface area contributed by atoms with Crippen LogP contribution in [0, 0.1) is 17.3 Å². The van der Waals surface area contributed by atoms with Crippen LogP contribution in [0.5, 0.6) is 0 Å². The van der Waals surface area contributed by atoms with Crippen molar-refractivity contribution in [2.24, 2.45) is 22.2 Å². The van der Waals surface area contributed by atoms with E-state index in [1.165, 1.54) is 31.9 Å². The van der Waals surface area contributed by atoms with Gasteiger partial charge in [0.15, 0.2) is 5.96 Å². The predicted octanol–water partition coefficient (Wildman–Crippen LogP) is 1.51. The van der Waals surface area contributed by atoms with Gasteiger partial charge in [0.25, 0.3) is 0 Å². The van der Waals surface area contributed by atoms with E-state index >= 15 is 0 Å². The lowest BCUT2D eigenvalue weighted by Crippen LogP contribution is -2.43. The van der Waals surface area contributed by atoms with E-state index < -0.39 is 9.84 Å². The van der Waals surface area contributed by atoms with Gasteiger partial charge in [-0.1, -0.05) is 12.8 Å². The van der Waals surface area contributed by atoms with Crippen LogP contribution in [0.4, 0.5) is 0 Å². The minimum Gasteiger partial charge on any atom is -0.356 e. The maximum atomic E-state index is 11.6. The Hall–Kier alpha value is -0.780. The minimum atomic E-state index is -2.90. The second kappa shape index (κ2) is 6.02. The fraction of sp³-hybridized carbons (Fsp3) is 0.938. The summed E-state index contributed by atoms with van der Waals surface area (Å²) in [5.41, 5.74) is -0.0456. The Kier molecular flexibility index (Phi) is 4.40. The van der Waals surface area contributed by atoms with E-state index in [2.05, 4.69) is 15.2 Å². The molecule has 0 amide bonds. The summed E-state index contributed by atoms with van der Waals surface area (Å²) in [4.78, 5) is 6.82. The third kappa shape index (κ3) is 3.76. The molecule has 1 N–H and O–H groups in total. The highest BCUT2D eigenvalue weighted by atomic mass is 32.2. The third-order valence-electron chi connectivity index (χ3n) is 5.63. The summed E-state index contributed by atoms with van der Waals surface area (Å²) in [6, 6.07) is 0. The van der Waals surface area contributed by atoms with Gasteiger partial charge in [0.05, 0.1) is 5.75 Å². The molecule has 1 aliphatic heterocycles. The molecule has 5 nitrogen and oxygen atoms in total. The maximum absolute atomic E-state index is 11.6. The number of nitrogens with one attached hydrogen (secondary N) is 1. The second-order valence-corrected chi connectivity index (χ2v) is 9.82. The molecule has 6 heteroatoms. The van der Waals surface area contributed by atoms with Gasteiger partial charge in [0, 0.05) is 38.4 Å². The summed E-state index contributed by atoms with van der Waals surface area (Å²) >= 11 is 0. The Labute approximate surface area is 134 Å². The van der Waals surface area contributed by atoms with Gasteiger partial charge in [-0.15, -0.1) is 0 Å². The molecule has 0 radical (unpaired) electrons. The van der Waals surface area contributed by atoms with E-state index in [1.54, 1.807) is 0 Å². The highest BCUT2D eigenvalue weighted by molar-refractivity contribution is 7.90. The number of aliphatic imine (C=N–C) groups is 1. The van der Waals surface area contributed by atoms with Crippen LogP contribution in [0.1, 0.15) is 38.5 Å². The lowest BCUT2D eigenvalue weighted by molar-refractivity contribution is 0.299. The molecule has 3 rings (SSSR count). The highest BCUT2D eigenvalue weighted by Crippen LogP contribution is 2.46. The maximum Gasteiger partial charge on any atom is 0.193 e. The first-order chi connectivity index (χ1) is 10.4. The first-order valence-electron chi connectivity index (χ1n) is 8.54. The smallest absolute Gasteiger partial charge is 0.193 e. The fourth-order valence-electron chi connectivity index (χ4n) is 4.28. The van der Waals surface area contributed by atoms with Gasteiger partial charge in [-0.25, -0.2) is 8.42 Å². The molecule has 2 atom stereocenters. The second-order valence-electron chi connectivity index (χ2n) is 7.68. The van der Waals surface area contributed by atoms with E-state index in [-0.39, 0.29) is 5.41 Å². The van der Waals surface area contributed by atoms with Gasteiger partial charge in [-0.2, -0.15) is 0 Å². The molecular formula is C16H29N3O2S. The number of hydrogen-bond donors (Lipinski definition) is 1. The van der Waals surface area contributed by atoms with Crippen LogP contribution in [-0.2, 0) is 9.84 Å². The van der Waals surface area contributed by atoms with Crippen molar-refractivity contribution in [3.8, 4) is 0 Å². The van der Waals surface area contributed by atoms with Crippen LogP contribution in [0.2, 0.25) is 0 Å². The van der Waals surface area contributed by atoms with Crippen LogP contribution in [0.15, 0.2) is 4.99 Å². The standard InChI is InChI=1S/C16H29N3O2S/c1-17-15(18-11-16(7-8-16)12-22(2,20)21)19-9-13-5-3-4-6-14(13)10-19/h13-14H,3-12H2,1-2H3,(H,17,18). The summed E-state index contributed by atoms with van der Waals surface area (Å²) in [7, 11) is -1.07. The molecule has 0 aromatic carbocycles. The Bertz CT molecular complexity index is 526. The number of rotatable bonds is 4. The van der Waals surface area contributed by atoms with Gasteiger partial charge in [-0.05, 0) is 37.5 Å². The lowest BCUT2D eigenvalue weighted by atomic mass is 9.82. The molecule has 2 aliphatic carbocycles. The van der Waals surface area contributed by atoms with Gasteiger partial charge in [0.1, 0.15) is 9.84 Å². The van der Waals surface area contributed by atoms with Crippen molar-refractivity contribution >= 4 is 15.8 Å². The molecule has 0 aromatic rings. The van der Waals surface area contributed by atoms with Gasteiger partial charge < -0.3 is 10.2 Å². The quantitative estimate of drug-likeness (QED) is 0.628. The number of hydrogen-bond acceptors (Lipinski definition) is 3. The number of sulfone groups is 1. The van der Waals surface area contributed by atoms with Crippen LogP contribution in [0.25, 0.3) is 0 Å². The molecule has 3 aliphatic rings. The number of likely N-dealkylation sites (tertiary alicyclic amines) is 1. The molecule has 0 spiro atoms. The van der Waals surface area contributed by atoms with Crippen LogP contribution in [0.3, 0.4) is 0 Å². The summed E-state index contributed by atoms with van der Waals surface area (Å²) in [6.45, 7) is 2.96. The zero-order valence-electron chi connectivity index (χ0n) is 13.8. The van der Waals surface area contributed by atoms with E-state index in [1.807, 2.05) is 7.05 Å². The normalized spacial score (nSPS) is 31.0. The molecule has 0 aromatic heterocycles. The van der Waals surface area contributed by atoms with E-state index in [4.69, 9.17) is 0 Å². The van der Waals surface area contributed by atoms with Crippen molar-refractivity contribution in [3.05, 3.63) is 0 Å². The van der Waals surface area contributed by atoms with Crippen molar-refractivity contribution < 1.29 is 8.42 Å². The zero-order valence-corrected chi connectivity index (χ0v) is 14.7. The number of fused-ring (bicyclic) bond motifs is 1. The molecule has 1 heterocycles. The minimum absolute atomic E-state index is 0.0456. The Morgan fingerprint density at radius 2 is 1.82 bits per heavy atom. The molecule has 0 bridgehead atoms. The lowest BCUT2D eigenvalue weighted by Gasteiger charge is -2.24. The van der Waals surface area contributed by atoms with Crippen molar-refractivity contribution in [2.75, 3.05) is 38.7 Å². The SMILES string of the molecule is CN=C(NCC1(CS(C)(=O)=O)CC1)N1CC2CCCCC2C1. The van der Waals surface area contributed by atoms with Crippen molar-refractivity contribution in [2.45, 2.75) is 38.5 Å². The van der Waals surface area contributed by atoms with Crippen molar-refractivity contribution in [3.63, 3.8) is 0 Å². The fourth-order valence-corrected chi connectivity index (χ4v) is 5.79. The summed E-state index contributed by atoms with van der Waals surface area (Å²) < 4.78 is 23.1. The Morgan fingerprint density at radius 1 is 1.23 bits per heavy atom. The molecule has 2 saturated carbocycles. The molecular weight excluding hydrogens is 298 g/mol. The predicted molar refractivity (Wildman–Crippen MR) is 89.8 cm³/mol. The average molecular weight is 327 g/mol. The number of nitrogens with zero attached hydrogens (tertiary/aromatic N) is 2. The zero-order chi connectivity index (χ0) is 15.8. The largest absolute Gasteiger partial charge is 0.356 e. The third-order valence-corrected chi connectivity index (χ3v) is 6.77. The first-order valence-corrected chi connectivity index (χ1v) is 10.6. The Morgan fingerprint density at radius 3 is 2.27 bits per heavy atom. The molecule has 2 unspecified atom stereocenters. The first kappa shape index (κ1) is 16.1. The monoisotopic (exact) mass is 327 g/mol. The molecule has 3 fully saturated rings. The molecule has 1 saturated heterocycles. The van der Waals surface area contributed by atoms with Gasteiger partial charge in [-0.3, -0.25) is 4.99 Å².